The highest BCUT2D eigenvalue weighted by atomic mass is 127. The SMILES string of the molecule is O=C(O)CCCCN1C(=O)[C@H](c2ccc(Cl)cc2)N([C@H](C(=O)O)c2ccc(Cl)cc2)C(=O)c2cc(I)ccc21. The van der Waals surface area contributed by atoms with E-state index in [2.05, 4.69) is 22.6 Å². The Bertz CT molecular complexity index is 1410. The van der Waals surface area contributed by atoms with Gasteiger partial charge in [0.15, 0.2) is 6.04 Å². The third-order valence-corrected chi connectivity index (χ3v) is 7.57. The zero-order valence-electron chi connectivity index (χ0n) is 20.4. The van der Waals surface area contributed by atoms with Crippen molar-refractivity contribution in [3.8, 4) is 0 Å². The smallest absolute Gasteiger partial charge is 0.331 e. The number of hydrogen-bond acceptors (Lipinski definition) is 4. The summed E-state index contributed by atoms with van der Waals surface area (Å²) < 4.78 is 0.723. The zero-order valence-corrected chi connectivity index (χ0v) is 24.1. The fourth-order valence-corrected chi connectivity index (χ4v) is 5.36. The van der Waals surface area contributed by atoms with Crippen molar-refractivity contribution in [3.63, 3.8) is 0 Å². The first-order chi connectivity index (χ1) is 18.6. The van der Waals surface area contributed by atoms with Crippen molar-refractivity contribution >= 4 is 75.2 Å². The molecule has 202 valence electrons. The van der Waals surface area contributed by atoms with Gasteiger partial charge in [-0.15, -0.1) is 0 Å². The molecule has 1 aliphatic rings. The fourth-order valence-electron chi connectivity index (χ4n) is 4.62. The van der Waals surface area contributed by atoms with Crippen LogP contribution in [0.3, 0.4) is 0 Å². The van der Waals surface area contributed by atoms with Crippen LogP contribution in [0.25, 0.3) is 0 Å². The lowest BCUT2D eigenvalue weighted by Gasteiger charge is -2.35. The number of carbonyl (C=O) groups excluding carboxylic acids is 2. The summed E-state index contributed by atoms with van der Waals surface area (Å²) in [5.41, 5.74) is 1.16. The van der Waals surface area contributed by atoms with Gasteiger partial charge in [0.05, 0.1) is 11.3 Å². The van der Waals surface area contributed by atoms with E-state index in [4.69, 9.17) is 28.3 Å². The highest BCUT2D eigenvalue weighted by Gasteiger charge is 2.46. The van der Waals surface area contributed by atoms with E-state index in [9.17, 15) is 24.3 Å². The van der Waals surface area contributed by atoms with E-state index >= 15 is 0 Å². The predicted octanol–water partition coefficient (Wildman–Crippen LogP) is 6.21. The molecular weight excluding hydrogens is 658 g/mol. The molecule has 3 aromatic rings. The Morgan fingerprint density at radius 3 is 2.10 bits per heavy atom. The monoisotopic (exact) mass is 680 g/mol. The van der Waals surface area contributed by atoms with Crippen LogP contribution in [-0.4, -0.2) is 45.4 Å². The molecule has 0 saturated heterocycles. The molecule has 4 rings (SSSR count). The van der Waals surface area contributed by atoms with E-state index in [-0.39, 0.29) is 24.1 Å². The maximum Gasteiger partial charge on any atom is 0.331 e. The molecule has 0 radical (unpaired) electrons. The maximum absolute atomic E-state index is 14.3. The molecule has 0 spiro atoms. The van der Waals surface area contributed by atoms with Crippen molar-refractivity contribution in [2.45, 2.75) is 31.3 Å². The molecule has 1 aliphatic heterocycles. The number of carboxylic acid groups (broad SMARTS) is 2. The molecule has 39 heavy (non-hydrogen) atoms. The van der Waals surface area contributed by atoms with Crippen molar-refractivity contribution in [2.24, 2.45) is 0 Å². The second kappa shape index (κ2) is 12.4. The maximum atomic E-state index is 14.3. The topological polar surface area (TPSA) is 115 Å². The van der Waals surface area contributed by atoms with Crippen LogP contribution in [0.15, 0.2) is 66.7 Å². The molecule has 0 fully saturated rings. The molecule has 8 nitrogen and oxygen atoms in total. The van der Waals surface area contributed by atoms with Gasteiger partial charge in [-0.25, -0.2) is 4.79 Å². The predicted molar refractivity (Wildman–Crippen MR) is 155 cm³/mol. The lowest BCUT2D eigenvalue weighted by atomic mass is 9.97. The summed E-state index contributed by atoms with van der Waals surface area (Å²) in [5, 5.41) is 20.3. The molecule has 2 amide bonds. The number of anilines is 1. The van der Waals surface area contributed by atoms with Crippen molar-refractivity contribution in [1.82, 2.24) is 4.90 Å². The first-order valence-electron chi connectivity index (χ1n) is 12.0. The molecule has 2 N–H and O–H groups in total. The van der Waals surface area contributed by atoms with Crippen LogP contribution < -0.4 is 4.90 Å². The minimum Gasteiger partial charge on any atom is -0.481 e. The summed E-state index contributed by atoms with van der Waals surface area (Å²) in [6, 6.07) is 14.6. The van der Waals surface area contributed by atoms with E-state index in [0.717, 1.165) is 8.47 Å². The Labute approximate surface area is 248 Å². The van der Waals surface area contributed by atoms with Crippen molar-refractivity contribution in [3.05, 3.63) is 97.0 Å². The van der Waals surface area contributed by atoms with Gasteiger partial charge in [-0.2, -0.15) is 0 Å². The minimum absolute atomic E-state index is 0.0646. The highest BCUT2D eigenvalue weighted by Crippen LogP contribution is 2.41. The molecule has 0 saturated carbocycles. The van der Waals surface area contributed by atoms with Gasteiger partial charge in [-0.05, 0) is 89.0 Å². The van der Waals surface area contributed by atoms with Gasteiger partial charge >= 0.3 is 11.9 Å². The molecule has 1 heterocycles. The molecular formula is C28H23Cl2IN2O6. The largest absolute Gasteiger partial charge is 0.481 e. The molecule has 2 atom stereocenters. The summed E-state index contributed by atoms with van der Waals surface area (Å²) in [6.07, 6.45) is 0.625. The van der Waals surface area contributed by atoms with E-state index in [1.807, 2.05) is 0 Å². The number of hydrogen-bond donors (Lipinski definition) is 2. The lowest BCUT2D eigenvalue weighted by molar-refractivity contribution is -0.144. The summed E-state index contributed by atoms with van der Waals surface area (Å²) in [4.78, 5) is 55.0. The Morgan fingerprint density at radius 2 is 1.51 bits per heavy atom. The number of rotatable bonds is 9. The van der Waals surface area contributed by atoms with E-state index in [0.29, 0.717) is 34.1 Å². The standard InChI is InChI=1S/C28H23Cl2IN2O6/c29-18-8-4-16(5-9-18)24-27(37)32(14-2-1-3-23(34)35)22-13-12-20(31)15-21(22)26(36)33(24)25(28(38)39)17-6-10-19(30)11-7-17/h4-13,15,24-25H,1-3,14H2,(H,34,35)(H,38,39)/t24-,25-/m0/s1. The Balaban J connectivity index is 1.92. The second-order valence-electron chi connectivity index (χ2n) is 8.96. The van der Waals surface area contributed by atoms with Gasteiger partial charge < -0.3 is 20.0 Å². The number of benzene rings is 3. The van der Waals surface area contributed by atoms with E-state index in [1.165, 1.54) is 29.2 Å². The molecule has 0 aliphatic carbocycles. The number of carboxylic acids is 2. The number of aliphatic carboxylic acids is 2. The van der Waals surface area contributed by atoms with Gasteiger partial charge in [-0.3, -0.25) is 14.4 Å². The van der Waals surface area contributed by atoms with E-state index < -0.39 is 35.8 Å². The van der Waals surface area contributed by atoms with Gasteiger partial charge in [0.1, 0.15) is 6.04 Å². The van der Waals surface area contributed by atoms with Crippen molar-refractivity contribution in [2.75, 3.05) is 11.4 Å². The van der Waals surface area contributed by atoms with E-state index in [1.54, 1.807) is 42.5 Å². The van der Waals surface area contributed by atoms with Crippen LogP contribution in [-0.2, 0) is 14.4 Å². The fraction of sp³-hybridized carbons (Fsp3) is 0.214. The second-order valence-corrected chi connectivity index (χ2v) is 11.1. The number of unbranched alkanes of at least 4 members (excludes halogenated alkanes) is 1. The summed E-state index contributed by atoms with van der Waals surface area (Å²) in [7, 11) is 0. The van der Waals surface area contributed by atoms with Crippen LogP contribution in [0.1, 0.15) is 52.8 Å². The van der Waals surface area contributed by atoms with Crippen LogP contribution in [0, 0.1) is 3.57 Å². The molecule has 3 aromatic carbocycles. The minimum atomic E-state index is -1.52. The first kappa shape index (κ1) is 28.8. The average Bonchev–Trinajstić information content (AvgIpc) is 2.97. The van der Waals surface area contributed by atoms with Gasteiger partial charge in [0.2, 0.25) is 0 Å². The molecule has 0 bridgehead atoms. The number of nitrogens with zero attached hydrogens (tertiary/aromatic N) is 2. The van der Waals surface area contributed by atoms with Gasteiger partial charge in [0, 0.05) is 26.6 Å². The quantitative estimate of drug-likeness (QED) is 0.205. The van der Waals surface area contributed by atoms with Crippen LogP contribution in [0.5, 0.6) is 0 Å². The number of halogens is 3. The third-order valence-electron chi connectivity index (χ3n) is 6.40. The summed E-state index contributed by atoms with van der Waals surface area (Å²) in [5.74, 6) is -3.41. The van der Waals surface area contributed by atoms with Crippen LogP contribution in [0.4, 0.5) is 5.69 Å². The molecule has 0 unspecified atom stereocenters. The third kappa shape index (κ3) is 6.37. The van der Waals surface area contributed by atoms with Crippen LogP contribution in [0.2, 0.25) is 10.0 Å². The Hall–Kier alpha value is -3.15. The highest BCUT2D eigenvalue weighted by molar-refractivity contribution is 14.1. The number of fused-ring (bicyclic) bond motifs is 1. The van der Waals surface area contributed by atoms with Crippen molar-refractivity contribution < 1.29 is 29.4 Å². The summed E-state index contributed by atoms with van der Waals surface area (Å²) in [6.45, 7) is 0.142. The van der Waals surface area contributed by atoms with Crippen molar-refractivity contribution in [1.29, 1.82) is 0 Å². The van der Waals surface area contributed by atoms with Gasteiger partial charge in [-0.1, -0.05) is 47.5 Å². The number of amides is 2. The summed E-state index contributed by atoms with van der Waals surface area (Å²) >= 11 is 14.2. The Kier molecular flexibility index (Phi) is 9.14. The lowest BCUT2D eigenvalue weighted by Crippen LogP contribution is -2.46. The van der Waals surface area contributed by atoms with Crippen LogP contribution >= 0.6 is 45.8 Å². The molecule has 0 aromatic heterocycles. The number of carbonyl (C=O) groups is 4. The Morgan fingerprint density at radius 1 is 0.897 bits per heavy atom. The zero-order chi connectivity index (χ0) is 28.3. The molecule has 11 heteroatoms. The normalized spacial score (nSPS) is 16.0. The van der Waals surface area contributed by atoms with Gasteiger partial charge in [0.25, 0.3) is 11.8 Å². The first-order valence-corrected chi connectivity index (χ1v) is 13.8. The average molecular weight is 681 g/mol.